The molecule has 2 aromatic carbocycles. The van der Waals surface area contributed by atoms with Gasteiger partial charge in [0, 0.05) is 29.0 Å². The first-order chi connectivity index (χ1) is 16.5. The maximum atomic E-state index is 13.2. The maximum absolute atomic E-state index is 13.2. The van der Waals surface area contributed by atoms with Crippen LogP contribution in [-0.4, -0.2) is 25.0 Å². The molecule has 2 bridgehead atoms. The standard InChI is InChI=1S/C25H31NO2.3CO.Cr/c1-17(26(2)3)21-11-7-8-12-22(21)24(19-9-5-4-6-10-19)28-25(27)23-16-18-13-14-20(23)15-18;3*1-2;/h4-12,17-18,20,23-24H,13-16H2,1-3H3;;;;/t17-,18-,20+,23+,24+;;;;/m1..../s1. The Labute approximate surface area is 219 Å². The second kappa shape index (κ2) is 17.1. The van der Waals surface area contributed by atoms with Gasteiger partial charge in [0.25, 0.3) is 0 Å². The molecule has 2 aliphatic rings. The summed E-state index contributed by atoms with van der Waals surface area (Å²) in [6.07, 6.45) is 4.35. The van der Waals surface area contributed by atoms with Crippen molar-refractivity contribution >= 4 is 5.97 Å². The van der Waals surface area contributed by atoms with Crippen LogP contribution in [0.5, 0.6) is 0 Å². The Hall–Kier alpha value is -2.38. The van der Waals surface area contributed by atoms with Crippen molar-refractivity contribution in [3.05, 3.63) is 91.2 Å². The Morgan fingerprint density at radius 2 is 1.43 bits per heavy atom. The molecule has 0 radical (unpaired) electrons. The van der Waals surface area contributed by atoms with Gasteiger partial charge >= 0.3 is 39.9 Å². The van der Waals surface area contributed by atoms with Crippen LogP contribution in [0.1, 0.15) is 61.4 Å². The van der Waals surface area contributed by atoms with Gasteiger partial charge in [-0.1, -0.05) is 61.0 Å². The number of esters is 1. The zero-order valence-corrected chi connectivity index (χ0v) is 21.6. The molecule has 0 aliphatic heterocycles. The van der Waals surface area contributed by atoms with Crippen LogP contribution in [0.2, 0.25) is 0 Å². The van der Waals surface area contributed by atoms with Crippen LogP contribution in [-0.2, 0) is 40.8 Å². The topological polar surface area (TPSA) is 89.2 Å². The number of fused-ring (bicyclic) bond motifs is 2. The number of rotatable bonds is 6. The predicted octanol–water partition coefficient (Wildman–Crippen LogP) is 5.26. The fraction of sp³-hybridized carbons (Fsp3) is 0.429. The fourth-order valence-corrected chi connectivity index (χ4v) is 5.08. The zero-order valence-electron chi connectivity index (χ0n) is 20.3. The summed E-state index contributed by atoms with van der Waals surface area (Å²) in [6, 6.07) is 18.8. The first-order valence-electron chi connectivity index (χ1n) is 11.2. The van der Waals surface area contributed by atoms with Crippen LogP contribution in [0.3, 0.4) is 0 Å². The first-order valence-corrected chi connectivity index (χ1v) is 11.2. The second-order valence-corrected chi connectivity index (χ2v) is 8.78. The molecule has 5 atom stereocenters. The van der Waals surface area contributed by atoms with Crippen molar-refractivity contribution < 1.29 is 40.8 Å². The van der Waals surface area contributed by atoms with Gasteiger partial charge in [0.2, 0.25) is 0 Å². The molecule has 4 rings (SSSR count). The van der Waals surface area contributed by atoms with E-state index in [1.807, 2.05) is 24.3 Å². The Balaban J connectivity index is 0.00000154. The zero-order chi connectivity index (χ0) is 25.7. The average molecular weight is 514 g/mol. The smallest absolute Gasteiger partial charge is 0 e. The number of carbonyl (C=O) groups is 1. The van der Waals surface area contributed by atoms with Gasteiger partial charge in [-0.15, -0.1) is 0 Å². The molecule has 6 nitrogen and oxygen atoms in total. The number of hydrogen-bond acceptors (Lipinski definition) is 3. The van der Waals surface area contributed by atoms with Gasteiger partial charge in [-0.2, -0.15) is 0 Å². The summed E-state index contributed by atoms with van der Waals surface area (Å²) in [7, 11) is 4.17. The number of benzene rings is 2. The third-order valence-corrected chi connectivity index (χ3v) is 6.88. The van der Waals surface area contributed by atoms with E-state index >= 15 is 0 Å². The van der Waals surface area contributed by atoms with Crippen molar-refractivity contribution in [1.82, 2.24) is 4.90 Å². The van der Waals surface area contributed by atoms with Crippen molar-refractivity contribution in [1.29, 1.82) is 0 Å². The molecule has 7 heteroatoms. The molecule has 0 amide bonds. The van der Waals surface area contributed by atoms with Crippen LogP contribution in [0.25, 0.3) is 0 Å². The third-order valence-electron chi connectivity index (χ3n) is 6.88. The van der Waals surface area contributed by atoms with E-state index in [1.54, 1.807) is 0 Å². The Bertz CT molecular complexity index is 942. The van der Waals surface area contributed by atoms with Crippen molar-refractivity contribution in [3.63, 3.8) is 0 Å². The molecule has 0 aromatic heterocycles. The summed E-state index contributed by atoms with van der Waals surface area (Å²) in [4.78, 5) is 15.4. The first kappa shape index (κ1) is 32.6. The number of carbonyl (C=O) groups excluding carboxylic acids is 1. The van der Waals surface area contributed by atoms with E-state index in [-0.39, 0.29) is 41.4 Å². The van der Waals surface area contributed by atoms with Crippen molar-refractivity contribution in [3.8, 4) is 0 Å². The van der Waals surface area contributed by atoms with Crippen molar-refractivity contribution in [2.24, 2.45) is 17.8 Å². The molecule has 0 unspecified atom stereocenters. The molecule has 0 heterocycles. The number of hydrogen-bond donors (Lipinski definition) is 0. The molecular weight excluding hydrogens is 482 g/mol. The summed E-state index contributed by atoms with van der Waals surface area (Å²) in [5.74, 6) is 1.35. The molecule has 0 spiro atoms. The number of ether oxygens (including phenoxy) is 1. The van der Waals surface area contributed by atoms with Crippen LogP contribution in [0.15, 0.2) is 54.6 Å². The van der Waals surface area contributed by atoms with Gasteiger partial charge in [-0.3, -0.25) is 4.79 Å². The molecule has 2 saturated carbocycles. The van der Waals surface area contributed by atoms with Crippen LogP contribution in [0.4, 0.5) is 0 Å². The summed E-state index contributed by atoms with van der Waals surface area (Å²) in [5, 5.41) is 0. The van der Waals surface area contributed by atoms with Gasteiger partial charge in [-0.05, 0) is 63.2 Å². The fourth-order valence-electron chi connectivity index (χ4n) is 5.08. The molecule has 0 saturated heterocycles. The van der Waals surface area contributed by atoms with Gasteiger partial charge in [0.05, 0.1) is 5.92 Å². The van der Waals surface area contributed by atoms with Gasteiger partial charge in [0.15, 0.2) is 6.10 Å². The summed E-state index contributed by atoms with van der Waals surface area (Å²) < 4.78 is 28.8. The number of nitrogens with zero attached hydrogens (tertiary/aromatic N) is 1. The van der Waals surface area contributed by atoms with Crippen LogP contribution < -0.4 is 0 Å². The van der Waals surface area contributed by atoms with E-state index in [4.69, 9.17) is 18.7 Å². The minimum atomic E-state index is -0.355. The van der Waals surface area contributed by atoms with E-state index in [1.165, 1.54) is 24.8 Å². The van der Waals surface area contributed by atoms with Gasteiger partial charge in [-0.25, -0.2) is 0 Å². The van der Waals surface area contributed by atoms with Gasteiger partial charge in [0.1, 0.15) is 0 Å². The Kier molecular flexibility index (Phi) is 16.0. The van der Waals surface area contributed by atoms with E-state index in [0.717, 1.165) is 23.5 Å². The summed E-state index contributed by atoms with van der Waals surface area (Å²) >= 11 is 0. The molecule has 0 N–H and O–H groups in total. The average Bonchev–Trinajstić information content (AvgIpc) is 3.55. The SMILES string of the molecule is C[C@H](c1ccccc1[C@@H](OC(=O)[C@H]1C[C@@H]2CC[C@H]1C2)c1ccccc1)N(C)C.[C-]#[O+].[C-]#[O+].[C-]#[O+].[Cr]. The van der Waals surface area contributed by atoms with Crippen molar-refractivity contribution in [2.45, 2.75) is 44.8 Å². The monoisotopic (exact) mass is 513 g/mol. The van der Waals surface area contributed by atoms with E-state index in [0.29, 0.717) is 5.92 Å². The third kappa shape index (κ3) is 8.36. The van der Waals surface area contributed by atoms with E-state index in [9.17, 15) is 4.79 Å². The Morgan fingerprint density at radius 1 is 0.886 bits per heavy atom. The molecule has 2 aliphatic carbocycles. The van der Waals surface area contributed by atoms with Crippen LogP contribution in [0, 0.1) is 37.7 Å². The second-order valence-electron chi connectivity index (χ2n) is 8.78. The summed E-state index contributed by atoms with van der Waals surface area (Å²) in [6.45, 7) is 15.7. The van der Waals surface area contributed by atoms with Gasteiger partial charge < -0.3 is 9.64 Å². The normalized spacial score (nSPS) is 20.7. The molecule has 35 heavy (non-hydrogen) atoms. The largest absolute Gasteiger partial charge is 0 e. The predicted molar refractivity (Wildman–Crippen MR) is 124 cm³/mol. The molecular formula is C28H31CrNO5. The molecule has 184 valence electrons. The van der Waals surface area contributed by atoms with E-state index in [2.05, 4.69) is 76.2 Å². The Morgan fingerprint density at radius 3 is 1.91 bits per heavy atom. The maximum Gasteiger partial charge on any atom is 0 e. The molecule has 2 aromatic rings. The quantitative estimate of drug-likeness (QED) is 0.300. The van der Waals surface area contributed by atoms with E-state index < -0.39 is 0 Å². The summed E-state index contributed by atoms with van der Waals surface area (Å²) in [5.41, 5.74) is 3.34. The van der Waals surface area contributed by atoms with Crippen LogP contribution >= 0.6 is 0 Å². The molecule has 2 fully saturated rings. The van der Waals surface area contributed by atoms with Crippen molar-refractivity contribution in [2.75, 3.05) is 14.1 Å². The minimum absolute atomic E-state index is 0. The minimum Gasteiger partial charge on any atom is 0 e.